The van der Waals surface area contributed by atoms with Gasteiger partial charge in [0.15, 0.2) is 0 Å². The maximum atomic E-state index is 11.2. The minimum atomic E-state index is -0.544. The standard InChI is InChI=1S/C12H15NO4/c1-16-11(14)7-8-13-12(15)17-9-10-5-3-2-4-6-10/h2-6H,7-9H2,1H3,(H,13,15). The molecular formula is C12H15NO4. The summed E-state index contributed by atoms with van der Waals surface area (Å²) in [4.78, 5) is 22.0. The molecule has 92 valence electrons. The Kier molecular flexibility index (Phi) is 5.57. The van der Waals surface area contributed by atoms with Crippen LogP contribution in [0, 0.1) is 0 Å². The van der Waals surface area contributed by atoms with Crippen LogP contribution in [0.25, 0.3) is 0 Å². The molecule has 0 bridgehead atoms. The lowest BCUT2D eigenvalue weighted by atomic mass is 10.2. The third-order valence-electron chi connectivity index (χ3n) is 2.04. The summed E-state index contributed by atoms with van der Waals surface area (Å²) in [6.07, 6.45) is -0.408. The van der Waals surface area contributed by atoms with Crippen LogP contribution in [-0.2, 0) is 20.9 Å². The molecule has 5 nitrogen and oxygen atoms in total. The number of benzene rings is 1. The number of carbonyl (C=O) groups excluding carboxylic acids is 2. The summed E-state index contributed by atoms with van der Waals surface area (Å²) in [5, 5.41) is 2.46. The van der Waals surface area contributed by atoms with Gasteiger partial charge in [-0.05, 0) is 5.56 Å². The van der Waals surface area contributed by atoms with Crippen LogP contribution in [0.1, 0.15) is 12.0 Å². The fourth-order valence-corrected chi connectivity index (χ4v) is 1.14. The van der Waals surface area contributed by atoms with Crippen LogP contribution in [0.2, 0.25) is 0 Å². The third-order valence-corrected chi connectivity index (χ3v) is 2.04. The van der Waals surface area contributed by atoms with E-state index in [2.05, 4.69) is 10.1 Å². The Labute approximate surface area is 99.7 Å². The zero-order valence-electron chi connectivity index (χ0n) is 9.64. The predicted molar refractivity (Wildman–Crippen MR) is 61.3 cm³/mol. The molecule has 0 spiro atoms. The van der Waals surface area contributed by atoms with Crippen molar-refractivity contribution < 1.29 is 19.1 Å². The molecule has 1 N–H and O–H groups in total. The van der Waals surface area contributed by atoms with Gasteiger partial charge in [0.2, 0.25) is 0 Å². The first-order chi connectivity index (χ1) is 8.22. The number of carbonyl (C=O) groups is 2. The number of hydrogen-bond donors (Lipinski definition) is 1. The Morgan fingerprint density at radius 3 is 2.59 bits per heavy atom. The number of alkyl carbamates (subject to hydrolysis) is 1. The number of methoxy groups -OCH3 is 1. The number of esters is 1. The van der Waals surface area contributed by atoms with Crippen LogP contribution < -0.4 is 5.32 Å². The van der Waals surface area contributed by atoms with Gasteiger partial charge in [0.05, 0.1) is 13.5 Å². The van der Waals surface area contributed by atoms with Crippen LogP contribution in [0.3, 0.4) is 0 Å². The second-order valence-corrected chi connectivity index (χ2v) is 3.31. The Morgan fingerprint density at radius 1 is 1.24 bits per heavy atom. The first-order valence-electron chi connectivity index (χ1n) is 5.23. The first-order valence-corrected chi connectivity index (χ1v) is 5.23. The average molecular weight is 237 g/mol. The molecule has 1 aromatic carbocycles. The highest BCUT2D eigenvalue weighted by molar-refractivity contribution is 5.71. The lowest BCUT2D eigenvalue weighted by Crippen LogP contribution is -2.26. The van der Waals surface area contributed by atoms with E-state index in [0.717, 1.165) is 5.56 Å². The largest absolute Gasteiger partial charge is 0.469 e. The van der Waals surface area contributed by atoms with Gasteiger partial charge < -0.3 is 14.8 Å². The van der Waals surface area contributed by atoms with Crippen molar-refractivity contribution in [1.82, 2.24) is 5.32 Å². The fourth-order valence-electron chi connectivity index (χ4n) is 1.14. The van der Waals surface area contributed by atoms with Crippen molar-refractivity contribution >= 4 is 12.1 Å². The molecule has 1 aromatic rings. The third kappa shape index (κ3) is 5.55. The molecule has 0 atom stereocenters. The molecule has 0 radical (unpaired) electrons. The molecule has 0 fully saturated rings. The highest BCUT2D eigenvalue weighted by Gasteiger charge is 2.04. The lowest BCUT2D eigenvalue weighted by Gasteiger charge is -2.06. The Bertz CT molecular complexity index is 364. The molecule has 0 heterocycles. The van der Waals surface area contributed by atoms with Gasteiger partial charge in [-0.3, -0.25) is 4.79 Å². The number of amides is 1. The van der Waals surface area contributed by atoms with Crippen molar-refractivity contribution in [1.29, 1.82) is 0 Å². The Hall–Kier alpha value is -2.04. The molecule has 0 saturated heterocycles. The summed E-state index contributed by atoms with van der Waals surface area (Å²) in [6.45, 7) is 0.422. The van der Waals surface area contributed by atoms with E-state index in [1.807, 2.05) is 30.3 Å². The van der Waals surface area contributed by atoms with E-state index in [4.69, 9.17) is 4.74 Å². The maximum absolute atomic E-state index is 11.2. The lowest BCUT2D eigenvalue weighted by molar-refractivity contribution is -0.140. The van der Waals surface area contributed by atoms with Crippen LogP contribution in [0.15, 0.2) is 30.3 Å². The van der Waals surface area contributed by atoms with Gasteiger partial charge in [0.1, 0.15) is 6.61 Å². The molecule has 0 unspecified atom stereocenters. The Morgan fingerprint density at radius 2 is 1.94 bits per heavy atom. The van der Waals surface area contributed by atoms with Crippen molar-refractivity contribution in [2.24, 2.45) is 0 Å². The van der Waals surface area contributed by atoms with Gasteiger partial charge in [-0.1, -0.05) is 30.3 Å². The molecule has 0 aromatic heterocycles. The van der Waals surface area contributed by atoms with Gasteiger partial charge in [0, 0.05) is 6.54 Å². The zero-order valence-corrected chi connectivity index (χ0v) is 9.64. The SMILES string of the molecule is COC(=O)CCNC(=O)OCc1ccccc1. The highest BCUT2D eigenvalue weighted by atomic mass is 16.5. The van der Waals surface area contributed by atoms with E-state index in [9.17, 15) is 9.59 Å². The van der Waals surface area contributed by atoms with E-state index in [0.29, 0.717) is 0 Å². The second kappa shape index (κ2) is 7.27. The molecule has 1 amide bonds. The molecule has 1 rings (SSSR count). The van der Waals surface area contributed by atoms with E-state index in [1.54, 1.807) is 0 Å². The highest BCUT2D eigenvalue weighted by Crippen LogP contribution is 2.00. The van der Waals surface area contributed by atoms with Crippen molar-refractivity contribution in [3.63, 3.8) is 0 Å². The van der Waals surface area contributed by atoms with Crippen molar-refractivity contribution in [3.05, 3.63) is 35.9 Å². The zero-order chi connectivity index (χ0) is 12.5. The summed E-state index contributed by atoms with van der Waals surface area (Å²) in [5.74, 6) is -0.367. The molecule has 17 heavy (non-hydrogen) atoms. The number of nitrogens with one attached hydrogen (secondary N) is 1. The van der Waals surface area contributed by atoms with Crippen molar-refractivity contribution in [3.8, 4) is 0 Å². The summed E-state index contributed by atoms with van der Waals surface area (Å²) < 4.78 is 9.37. The smallest absolute Gasteiger partial charge is 0.407 e. The van der Waals surface area contributed by atoms with Crippen LogP contribution >= 0.6 is 0 Å². The molecule has 0 aliphatic rings. The fraction of sp³-hybridized carbons (Fsp3) is 0.333. The van der Waals surface area contributed by atoms with Gasteiger partial charge in [0.25, 0.3) is 0 Å². The number of rotatable bonds is 5. The van der Waals surface area contributed by atoms with Gasteiger partial charge in [-0.25, -0.2) is 4.79 Å². The summed E-state index contributed by atoms with van der Waals surface area (Å²) >= 11 is 0. The first kappa shape index (κ1) is 13.0. The summed E-state index contributed by atoms with van der Waals surface area (Å²) in [6, 6.07) is 9.35. The van der Waals surface area contributed by atoms with E-state index in [-0.39, 0.29) is 25.5 Å². The maximum Gasteiger partial charge on any atom is 0.407 e. The van der Waals surface area contributed by atoms with Crippen molar-refractivity contribution in [2.75, 3.05) is 13.7 Å². The van der Waals surface area contributed by atoms with Crippen LogP contribution in [0.4, 0.5) is 4.79 Å². The van der Waals surface area contributed by atoms with Gasteiger partial charge in [-0.15, -0.1) is 0 Å². The van der Waals surface area contributed by atoms with E-state index in [1.165, 1.54) is 7.11 Å². The monoisotopic (exact) mass is 237 g/mol. The van der Waals surface area contributed by atoms with Gasteiger partial charge >= 0.3 is 12.1 Å². The molecule has 0 aliphatic heterocycles. The topological polar surface area (TPSA) is 64.6 Å². The molecule has 0 saturated carbocycles. The predicted octanol–water partition coefficient (Wildman–Crippen LogP) is 1.48. The number of ether oxygens (including phenoxy) is 2. The van der Waals surface area contributed by atoms with Crippen molar-refractivity contribution in [2.45, 2.75) is 13.0 Å². The van der Waals surface area contributed by atoms with Crippen LogP contribution in [0.5, 0.6) is 0 Å². The van der Waals surface area contributed by atoms with Crippen LogP contribution in [-0.4, -0.2) is 25.7 Å². The molecular weight excluding hydrogens is 222 g/mol. The second-order valence-electron chi connectivity index (χ2n) is 3.31. The summed E-state index contributed by atoms with van der Waals surface area (Å²) in [7, 11) is 1.30. The molecule has 5 heteroatoms. The average Bonchev–Trinajstić information content (AvgIpc) is 2.37. The normalized spacial score (nSPS) is 9.47. The summed E-state index contributed by atoms with van der Waals surface area (Å²) in [5.41, 5.74) is 0.913. The van der Waals surface area contributed by atoms with Gasteiger partial charge in [-0.2, -0.15) is 0 Å². The quantitative estimate of drug-likeness (QED) is 0.788. The van der Waals surface area contributed by atoms with E-state index < -0.39 is 6.09 Å². The molecule has 0 aliphatic carbocycles. The van der Waals surface area contributed by atoms with E-state index >= 15 is 0 Å². The Balaban J connectivity index is 2.16. The minimum absolute atomic E-state index is 0.136. The number of hydrogen-bond acceptors (Lipinski definition) is 4. The minimum Gasteiger partial charge on any atom is -0.469 e.